The first-order valence-electron chi connectivity index (χ1n) is 8.52. The van der Waals surface area contributed by atoms with Gasteiger partial charge in [-0.2, -0.15) is 0 Å². The van der Waals surface area contributed by atoms with Gasteiger partial charge < -0.3 is 13.9 Å². The minimum Gasteiger partial charge on any atom is -0.479 e. The first-order valence-corrected chi connectivity index (χ1v) is 8.52. The fraction of sp³-hybridized carbons (Fsp3) is 0.474. The summed E-state index contributed by atoms with van der Waals surface area (Å²) in [4.78, 5) is 23.9. The van der Waals surface area contributed by atoms with Crippen molar-refractivity contribution in [1.82, 2.24) is 0 Å². The summed E-state index contributed by atoms with van der Waals surface area (Å²) in [7, 11) is 0. The van der Waals surface area contributed by atoms with Crippen LogP contribution in [0.3, 0.4) is 0 Å². The Hall–Kier alpha value is -2.30. The van der Waals surface area contributed by atoms with Crippen LogP contribution in [0, 0.1) is 0 Å². The molecule has 0 bridgehead atoms. The van der Waals surface area contributed by atoms with E-state index < -0.39 is 6.10 Å². The number of rotatable bonds is 6. The van der Waals surface area contributed by atoms with Gasteiger partial charge in [-0.15, -0.1) is 0 Å². The quantitative estimate of drug-likeness (QED) is 0.461. The van der Waals surface area contributed by atoms with Gasteiger partial charge in [-0.25, -0.2) is 9.59 Å². The number of carbonyl (C=O) groups excluding carboxylic acids is 1. The molecule has 24 heavy (non-hydrogen) atoms. The van der Waals surface area contributed by atoms with Gasteiger partial charge in [0.1, 0.15) is 11.3 Å². The highest BCUT2D eigenvalue weighted by Gasteiger charge is 2.21. The lowest BCUT2D eigenvalue weighted by Gasteiger charge is -2.14. The normalized spacial score (nSPS) is 14.4. The first-order chi connectivity index (χ1) is 11.6. The number of aryl methyl sites for hydroxylation is 1. The van der Waals surface area contributed by atoms with Crippen molar-refractivity contribution in [3.8, 4) is 5.75 Å². The summed E-state index contributed by atoms with van der Waals surface area (Å²) in [5.74, 6) is 0.0995. The maximum atomic E-state index is 12.0. The van der Waals surface area contributed by atoms with E-state index in [1.54, 1.807) is 19.1 Å². The van der Waals surface area contributed by atoms with Gasteiger partial charge >= 0.3 is 11.6 Å². The lowest BCUT2D eigenvalue weighted by Crippen LogP contribution is -2.26. The van der Waals surface area contributed by atoms with Gasteiger partial charge in [0.2, 0.25) is 0 Å². The summed E-state index contributed by atoms with van der Waals surface area (Å²) >= 11 is 0. The average molecular weight is 330 g/mol. The second-order valence-electron chi connectivity index (χ2n) is 6.14. The molecule has 5 heteroatoms. The highest BCUT2D eigenvalue weighted by Crippen LogP contribution is 2.29. The Morgan fingerprint density at radius 2 is 2.08 bits per heavy atom. The second kappa shape index (κ2) is 7.07. The topological polar surface area (TPSA) is 65.7 Å². The van der Waals surface area contributed by atoms with E-state index in [9.17, 15) is 9.59 Å². The van der Waals surface area contributed by atoms with Gasteiger partial charge in [0.25, 0.3) is 0 Å². The molecule has 0 saturated heterocycles. The van der Waals surface area contributed by atoms with Crippen LogP contribution < -0.4 is 10.4 Å². The highest BCUT2D eigenvalue weighted by molar-refractivity contribution is 5.83. The van der Waals surface area contributed by atoms with E-state index in [4.69, 9.17) is 13.9 Å². The summed E-state index contributed by atoms with van der Waals surface area (Å²) in [6.45, 7) is 4.09. The van der Waals surface area contributed by atoms with Crippen molar-refractivity contribution in [2.24, 2.45) is 0 Å². The van der Waals surface area contributed by atoms with Crippen LogP contribution >= 0.6 is 0 Å². The molecule has 128 valence electrons. The van der Waals surface area contributed by atoms with Crippen molar-refractivity contribution in [1.29, 1.82) is 0 Å². The van der Waals surface area contributed by atoms with Crippen molar-refractivity contribution in [3.63, 3.8) is 0 Å². The number of hydrogen-bond donors (Lipinski definition) is 0. The molecule has 0 aliphatic heterocycles. The predicted octanol–water partition coefficient (Wildman–Crippen LogP) is 3.39. The van der Waals surface area contributed by atoms with E-state index in [-0.39, 0.29) is 11.6 Å². The van der Waals surface area contributed by atoms with Crippen LogP contribution in [-0.4, -0.2) is 18.7 Å². The largest absolute Gasteiger partial charge is 0.479 e. The molecule has 0 amide bonds. The summed E-state index contributed by atoms with van der Waals surface area (Å²) in [5.41, 5.74) is 2.12. The zero-order valence-electron chi connectivity index (χ0n) is 14.1. The molecule has 1 heterocycles. The molecule has 0 radical (unpaired) electrons. The second-order valence-corrected chi connectivity index (χ2v) is 6.14. The van der Waals surface area contributed by atoms with Crippen molar-refractivity contribution in [2.75, 3.05) is 6.61 Å². The molecule has 1 aliphatic rings. The summed E-state index contributed by atoms with van der Waals surface area (Å²) in [6, 6.07) is 5.37. The highest BCUT2D eigenvalue weighted by atomic mass is 16.6. The Labute approximate surface area is 140 Å². The van der Waals surface area contributed by atoms with E-state index in [1.807, 2.05) is 13.0 Å². The molecule has 2 aromatic rings. The lowest BCUT2D eigenvalue weighted by molar-refractivity contribution is -0.151. The molecule has 1 aliphatic carbocycles. The predicted molar refractivity (Wildman–Crippen MR) is 90.5 cm³/mol. The third-order valence-electron chi connectivity index (χ3n) is 4.33. The number of benzene rings is 1. The molecule has 1 aromatic carbocycles. The number of hydrogen-bond acceptors (Lipinski definition) is 5. The number of ether oxygens (including phenoxy) is 2. The van der Waals surface area contributed by atoms with Crippen LogP contribution in [0.1, 0.15) is 44.2 Å². The van der Waals surface area contributed by atoms with Crippen LogP contribution in [0.25, 0.3) is 11.0 Å². The molecular weight excluding hydrogens is 308 g/mol. The van der Waals surface area contributed by atoms with Crippen molar-refractivity contribution in [2.45, 2.75) is 52.1 Å². The smallest absolute Gasteiger partial charge is 0.347 e. The molecule has 3 rings (SSSR count). The molecule has 1 atom stereocenters. The molecule has 0 saturated carbocycles. The fourth-order valence-electron chi connectivity index (χ4n) is 3.02. The standard InChI is InChI=1S/C19H22O5/c1-3-4-10-22-18(20)12(2)23-13-8-9-15-14-6-5-7-16(14)19(21)24-17(15)11-13/h8-9,11-12H,3-7,10H2,1-2H3. The third-order valence-corrected chi connectivity index (χ3v) is 4.33. The summed E-state index contributed by atoms with van der Waals surface area (Å²) in [6.07, 6.45) is 3.77. The van der Waals surface area contributed by atoms with Crippen LogP contribution in [0.15, 0.2) is 27.4 Å². The van der Waals surface area contributed by atoms with Crippen LogP contribution in [0.5, 0.6) is 5.75 Å². The SMILES string of the molecule is CCCCOC(=O)C(C)Oc1ccc2c3c(c(=O)oc2c1)CCC3. The minimum atomic E-state index is -0.708. The molecule has 0 fully saturated rings. The van der Waals surface area contributed by atoms with Crippen molar-refractivity contribution < 1.29 is 18.7 Å². The first kappa shape index (κ1) is 16.6. The molecule has 0 N–H and O–H groups in total. The maximum absolute atomic E-state index is 12.0. The van der Waals surface area contributed by atoms with Gasteiger partial charge in [-0.3, -0.25) is 0 Å². The zero-order chi connectivity index (χ0) is 17.1. The molecule has 1 aromatic heterocycles. The van der Waals surface area contributed by atoms with Crippen molar-refractivity contribution >= 4 is 16.9 Å². The van der Waals surface area contributed by atoms with Gasteiger partial charge in [-0.05, 0) is 50.3 Å². The van der Waals surface area contributed by atoms with E-state index >= 15 is 0 Å². The Morgan fingerprint density at radius 3 is 2.88 bits per heavy atom. The average Bonchev–Trinajstić information content (AvgIpc) is 3.05. The van der Waals surface area contributed by atoms with Crippen LogP contribution in [0.4, 0.5) is 0 Å². The van der Waals surface area contributed by atoms with Gasteiger partial charge in [0, 0.05) is 17.0 Å². The Kier molecular flexibility index (Phi) is 4.88. The minimum absolute atomic E-state index is 0.265. The van der Waals surface area contributed by atoms with E-state index in [1.165, 1.54) is 0 Å². The number of unbranched alkanes of at least 4 members (excludes halogenated alkanes) is 1. The van der Waals surface area contributed by atoms with Crippen molar-refractivity contribution in [3.05, 3.63) is 39.7 Å². The fourth-order valence-corrected chi connectivity index (χ4v) is 3.02. The van der Waals surface area contributed by atoms with Crippen LogP contribution in [0.2, 0.25) is 0 Å². The van der Waals surface area contributed by atoms with Gasteiger partial charge in [-0.1, -0.05) is 13.3 Å². The van der Waals surface area contributed by atoms with Gasteiger partial charge in [0.15, 0.2) is 6.10 Å². The number of esters is 1. The summed E-state index contributed by atoms with van der Waals surface area (Å²) in [5, 5.41) is 0.952. The molecular formula is C19H22O5. The number of fused-ring (bicyclic) bond motifs is 3. The maximum Gasteiger partial charge on any atom is 0.347 e. The molecule has 1 unspecified atom stereocenters. The molecule has 0 spiro atoms. The Bertz CT molecular complexity index is 805. The molecule has 5 nitrogen and oxygen atoms in total. The Morgan fingerprint density at radius 1 is 1.29 bits per heavy atom. The third kappa shape index (κ3) is 3.30. The summed E-state index contributed by atoms with van der Waals surface area (Å²) < 4.78 is 16.2. The number of carbonyl (C=O) groups is 1. The van der Waals surface area contributed by atoms with Gasteiger partial charge in [0.05, 0.1) is 6.61 Å². The Balaban J connectivity index is 1.78. The lowest BCUT2D eigenvalue weighted by atomic mass is 10.1. The van der Waals surface area contributed by atoms with Crippen LogP contribution in [-0.2, 0) is 22.4 Å². The van der Waals surface area contributed by atoms with E-state index in [0.29, 0.717) is 17.9 Å². The zero-order valence-corrected chi connectivity index (χ0v) is 14.1. The van der Waals surface area contributed by atoms with E-state index in [0.717, 1.165) is 48.6 Å². The van der Waals surface area contributed by atoms with E-state index in [2.05, 4.69) is 0 Å². The monoisotopic (exact) mass is 330 g/mol.